The second kappa shape index (κ2) is 5.92. The molecule has 24 heavy (non-hydrogen) atoms. The predicted octanol–water partition coefficient (Wildman–Crippen LogP) is 2.76. The van der Waals surface area contributed by atoms with E-state index in [1.807, 2.05) is 19.3 Å². The van der Waals surface area contributed by atoms with Crippen LogP contribution in [0.4, 0.5) is 5.82 Å². The van der Waals surface area contributed by atoms with Crippen LogP contribution >= 0.6 is 0 Å². The SMILES string of the molecule is Cn1cc(-c2cncc(C(=O)Nc3cc(C(C)(C)C)[nH]n3)c2)cn1. The van der Waals surface area contributed by atoms with E-state index in [1.54, 1.807) is 23.1 Å². The summed E-state index contributed by atoms with van der Waals surface area (Å²) in [6.07, 6.45) is 6.86. The van der Waals surface area contributed by atoms with Crippen molar-refractivity contribution >= 4 is 11.7 Å². The molecule has 3 heterocycles. The molecule has 0 aromatic carbocycles. The van der Waals surface area contributed by atoms with Gasteiger partial charge in [-0.25, -0.2) is 0 Å². The standard InChI is InChI=1S/C17H20N6O/c1-17(2,3)14-6-15(22-21-14)20-16(24)12-5-11(7-18-8-12)13-9-19-23(4)10-13/h5-10H,1-4H3,(H2,20,21,22,24). The summed E-state index contributed by atoms with van der Waals surface area (Å²) in [6.45, 7) is 6.23. The van der Waals surface area contributed by atoms with Crippen LogP contribution in [0.5, 0.6) is 0 Å². The number of carbonyl (C=O) groups excluding carboxylic acids is 1. The molecule has 3 aromatic rings. The van der Waals surface area contributed by atoms with Gasteiger partial charge in [-0.2, -0.15) is 10.2 Å². The van der Waals surface area contributed by atoms with Crippen LogP contribution in [0.3, 0.4) is 0 Å². The van der Waals surface area contributed by atoms with Crippen molar-refractivity contribution in [2.24, 2.45) is 7.05 Å². The Labute approximate surface area is 140 Å². The number of aryl methyl sites for hydroxylation is 1. The maximum Gasteiger partial charge on any atom is 0.258 e. The van der Waals surface area contributed by atoms with Crippen molar-refractivity contribution in [1.29, 1.82) is 0 Å². The minimum atomic E-state index is -0.250. The first-order valence-electron chi connectivity index (χ1n) is 7.64. The number of hydrogen-bond acceptors (Lipinski definition) is 4. The molecule has 0 aliphatic heterocycles. The number of anilines is 1. The van der Waals surface area contributed by atoms with Crippen LogP contribution in [0.15, 0.2) is 36.9 Å². The normalized spacial score (nSPS) is 11.5. The Balaban J connectivity index is 1.79. The summed E-state index contributed by atoms with van der Waals surface area (Å²) in [5.41, 5.74) is 3.12. The highest BCUT2D eigenvalue weighted by Gasteiger charge is 2.18. The molecule has 3 aromatic heterocycles. The fourth-order valence-electron chi connectivity index (χ4n) is 2.25. The van der Waals surface area contributed by atoms with Crippen molar-refractivity contribution in [3.05, 3.63) is 48.2 Å². The lowest BCUT2D eigenvalue weighted by molar-refractivity contribution is 0.102. The molecule has 7 nitrogen and oxygen atoms in total. The van der Waals surface area contributed by atoms with E-state index in [1.165, 1.54) is 6.20 Å². The highest BCUT2D eigenvalue weighted by molar-refractivity contribution is 6.04. The van der Waals surface area contributed by atoms with Crippen LogP contribution in [0, 0.1) is 0 Å². The minimum absolute atomic E-state index is 0.0578. The van der Waals surface area contributed by atoms with E-state index in [9.17, 15) is 4.79 Å². The molecule has 0 spiro atoms. The molecular weight excluding hydrogens is 304 g/mol. The Hall–Kier alpha value is -2.96. The average molecular weight is 324 g/mol. The van der Waals surface area contributed by atoms with Gasteiger partial charge in [-0.1, -0.05) is 20.8 Å². The van der Waals surface area contributed by atoms with Crippen molar-refractivity contribution in [2.45, 2.75) is 26.2 Å². The molecular formula is C17H20N6O. The van der Waals surface area contributed by atoms with Gasteiger partial charge in [0.25, 0.3) is 5.91 Å². The molecule has 0 bridgehead atoms. The fourth-order valence-corrected chi connectivity index (χ4v) is 2.25. The number of nitrogens with zero attached hydrogens (tertiary/aromatic N) is 4. The van der Waals surface area contributed by atoms with E-state index >= 15 is 0 Å². The molecule has 0 fully saturated rings. The number of H-pyrrole nitrogens is 1. The van der Waals surface area contributed by atoms with E-state index in [0.29, 0.717) is 11.4 Å². The van der Waals surface area contributed by atoms with Crippen LogP contribution in [0.1, 0.15) is 36.8 Å². The van der Waals surface area contributed by atoms with Crippen molar-refractivity contribution in [2.75, 3.05) is 5.32 Å². The zero-order valence-corrected chi connectivity index (χ0v) is 14.2. The van der Waals surface area contributed by atoms with Gasteiger partial charge in [-0.3, -0.25) is 19.6 Å². The summed E-state index contributed by atoms with van der Waals surface area (Å²) >= 11 is 0. The quantitative estimate of drug-likeness (QED) is 0.775. The summed E-state index contributed by atoms with van der Waals surface area (Å²) in [6, 6.07) is 3.63. The number of nitrogens with one attached hydrogen (secondary N) is 2. The van der Waals surface area contributed by atoms with Crippen LogP contribution in [-0.2, 0) is 12.5 Å². The van der Waals surface area contributed by atoms with E-state index < -0.39 is 0 Å². The Morgan fingerprint density at radius 1 is 1.17 bits per heavy atom. The van der Waals surface area contributed by atoms with Gasteiger partial charge >= 0.3 is 0 Å². The largest absolute Gasteiger partial charge is 0.305 e. The fraction of sp³-hybridized carbons (Fsp3) is 0.294. The zero-order chi connectivity index (χ0) is 17.3. The summed E-state index contributed by atoms with van der Waals surface area (Å²) < 4.78 is 1.71. The monoisotopic (exact) mass is 324 g/mol. The molecule has 0 aliphatic carbocycles. The third-order valence-corrected chi connectivity index (χ3v) is 3.67. The smallest absolute Gasteiger partial charge is 0.258 e. The first-order valence-corrected chi connectivity index (χ1v) is 7.64. The molecule has 0 atom stereocenters. The average Bonchev–Trinajstić information content (AvgIpc) is 3.16. The molecule has 2 N–H and O–H groups in total. The molecule has 0 unspecified atom stereocenters. The number of pyridine rings is 1. The number of hydrogen-bond donors (Lipinski definition) is 2. The third-order valence-electron chi connectivity index (χ3n) is 3.67. The summed E-state index contributed by atoms with van der Waals surface area (Å²) in [5.74, 6) is 0.247. The maximum absolute atomic E-state index is 12.4. The van der Waals surface area contributed by atoms with Crippen LogP contribution in [0.2, 0.25) is 0 Å². The number of aromatic amines is 1. The van der Waals surface area contributed by atoms with Gasteiger partial charge in [0.15, 0.2) is 5.82 Å². The van der Waals surface area contributed by atoms with Gasteiger partial charge in [0.1, 0.15) is 0 Å². The van der Waals surface area contributed by atoms with Crippen LogP contribution in [-0.4, -0.2) is 30.9 Å². The molecule has 124 valence electrons. The first-order chi connectivity index (χ1) is 11.3. The lowest BCUT2D eigenvalue weighted by Crippen LogP contribution is -2.13. The number of aromatic nitrogens is 5. The lowest BCUT2D eigenvalue weighted by Gasteiger charge is -2.14. The van der Waals surface area contributed by atoms with E-state index in [4.69, 9.17) is 0 Å². The Morgan fingerprint density at radius 3 is 2.58 bits per heavy atom. The van der Waals surface area contributed by atoms with Crippen molar-refractivity contribution < 1.29 is 4.79 Å². The van der Waals surface area contributed by atoms with Gasteiger partial charge in [0, 0.05) is 53.9 Å². The summed E-state index contributed by atoms with van der Waals surface area (Å²) in [7, 11) is 1.85. The van der Waals surface area contributed by atoms with Crippen molar-refractivity contribution in [3.63, 3.8) is 0 Å². The second-order valence-corrected chi connectivity index (χ2v) is 6.74. The van der Waals surface area contributed by atoms with Gasteiger partial charge in [0.2, 0.25) is 0 Å². The van der Waals surface area contributed by atoms with Gasteiger partial charge in [0.05, 0.1) is 11.8 Å². The van der Waals surface area contributed by atoms with Crippen molar-refractivity contribution in [3.8, 4) is 11.1 Å². The van der Waals surface area contributed by atoms with Crippen LogP contribution < -0.4 is 5.32 Å². The Kier molecular flexibility index (Phi) is 3.92. The van der Waals surface area contributed by atoms with E-state index in [0.717, 1.165) is 16.8 Å². The topological polar surface area (TPSA) is 88.5 Å². The molecule has 0 aliphatic rings. The van der Waals surface area contributed by atoms with E-state index in [-0.39, 0.29) is 11.3 Å². The van der Waals surface area contributed by atoms with E-state index in [2.05, 4.69) is 46.4 Å². The summed E-state index contributed by atoms with van der Waals surface area (Å²) in [4.78, 5) is 16.6. The summed E-state index contributed by atoms with van der Waals surface area (Å²) in [5, 5.41) is 14.0. The zero-order valence-electron chi connectivity index (χ0n) is 14.2. The highest BCUT2D eigenvalue weighted by atomic mass is 16.1. The molecule has 0 saturated carbocycles. The number of amides is 1. The molecule has 0 saturated heterocycles. The first kappa shape index (κ1) is 15.9. The Morgan fingerprint density at radius 2 is 1.96 bits per heavy atom. The second-order valence-electron chi connectivity index (χ2n) is 6.74. The Bertz CT molecular complexity index is 871. The van der Waals surface area contributed by atoms with Gasteiger partial charge < -0.3 is 5.32 Å². The van der Waals surface area contributed by atoms with Gasteiger partial charge in [-0.15, -0.1) is 0 Å². The lowest BCUT2D eigenvalue weighted by atomic mass is 9.92. The third kappa shape index (κ3) is 3.34. The maximum atomic E-state index is 12.4. The minimum Gasteiger partial charge on any atom is -0.305 e. The molecule has 3 rings (SSSR count). The van der Waals surface area contributed by atoms with Gasteiger partial charge in [-0.05, 0) is 6.07 Å². The van der Waals surface area contributed by atoms with Crippen molar-refractivity contribution in [1.82, 2.24) is 25.0 Å². The number of rotatable bonds is 3. The predicted molar refractivity (Wildman–Crippen MR) is 91.7 cm³/mol. The molecule has 7 heteroatoms. The number of carbonyl (C=O) groups is 1. The highest BCUT2D eigenvalue weighted by Crippen LogP contribution is 2.23. The molecule has 1 amide bonds. The van der Waals surface area contributed by atoms with Crippen LogP contribution in [0.25, 0.3) is 11.1 Å². The molecule has 0 radical (unpaired) electrons.